The van der Waals surface area contributed by atoms with Crippen molar-refractivity contribution in [3.05, 3.63) is 58.9 Å². The van der Waals surface area contributed by atoms with E-state index in [2.05, 4.69) is 20.5 Å². The van der Waals surface area contributed by atoms with E-state index in [0.29, 0.717) is 17.1 Å². The predicted octanol–water partition coefficient (Wildman–Crippen LogP) is 2.36. The van der Waals surface area contributed by atoms with Crippen molar-refractivity contribution in [1.29, 1.82) is 0 Å². The third-order valence-corrected chi connectivity index (χ3v) is 3.87. The van der Waals surface area contributed by atoms with Gasteiger partial charge in [0.15, 0.2) is 10.6 Å². The van der Waals surface area contributed by atoms with Crippen molar-refractivity contribution in [3.63, 3.8) is 0 Å². The number of fused-ring (bicyclic) bond motifs is 1. The summed E-state index contributed by atoms with van der Waals surface area (Å²) in [7, 11) is 1.80. The molecule has 1 amide bonds. The van der Waals surface area contributed by atoms with E-state index >= 15 is 0 Å². The van der Waals surface area contributed by atoms with Gasteiger partial charge in [-0.3, -0.25) is 14.9 Å². The second-order valence-electron chi connectivity index (χ2n) is 5.01. The van der Waals surface area contributed by atoms with E-state index in [1.54, 1.807) is 30.1 Å². The third-order valence-electron chi connectivity index (χ3n) is 3.51. The molecule has 3 rings (SSSR count). The predicted molar refractivity (Wildman–Crippen MR) is 91.0 cm³/mol. The minimum absolute atomic E-state index is 0.202. The highest BCUT2D eigenvalue weighted by atomic mass is 32.1. The molecule has 0 aliphatic rings. The van der Waals surface area contributed by atoms with Crippen LogP contribution in [0.1, 0.15) is 11.4 Å². The molecule has 2 heterocycles. The smallest absolute Gasteiger partial charge is 0.244 e. The van der Waals surface area contributed by atoms with Crippen molar-refractivity contribution in [2.45, 2.75) is 6.54 Å². The van der Waals surface area contributed by atoms with Crippen LogP contribution >= 0.6 is 12.2 Å². The molecule has 1 aromatic carbocycles. The molecule has 0 saturated heterocycles. The van der Waals surface area contributed by atoms with Gasteiger partial charge in [0.1, 0.15) is 0 Å². The van der Waals surface area contributed by atoms with Gasteiger partial charge in [-0.15, -0.1) is 0 Å². The maximum atomic E-state index is 12.0. The molecule has 3 aromatic rings. The van der Waals surface area contributed by atoms with Crippen LogP contribution in [0.2, 0.25) is 0 Å². The molecular weight excluding hydrogens is 310 g/mol. The fourth-order valence-corrected chi connectivity index (χ4v) is 2.35. The average Bonchev–Trinajstić information content (AvgIpc) is 2.90. The molecule has 116 valence electrons. The van der Waals surface area contributed by atoms with E-state index in [0.717, 1.165) is 16.3 Å². The van der Waals surface area contributed by atoms with Gasteiger partial charge in [-0.1, -0.05) is 24.3 Å². The van der Waals surface area contributed by atoms with Crippen molar-refractivity contribution in [2.75, 3.05) is 0 Å². The van der Waals surface area contributed by atoms with Crippen LogP contribution in [0, 0.1) is 4.77 Å². The van der Waals surface area contributed by atoms with Crippen LogP contribution in [0.3, 0.4) is 0 Å². The quantitative estimate of drug-likeness (QED) is 0.570. The van der Waals surface area contributed by atoms with Crippen molar-refractivity contribution in [1.82, 2.24) is 25.1 Å². The maximum absolute atomic E-state index is 12.0. The first kappa shape index (κ1) is 15.1. The molecule has 0 bridgehead atoms. The van der Waals surface area contributed by atoms with Crippen LogP contribution in [0.15, 0.2) is 42.7 Å². The molecule has 6 nitrogen and oxygen atoms in total. The van der Waals surface area contributed by atoms with Crippen LogP contribution in [-0.4, -0.2) is 25.7 Å². The van der Waals surface area contributed by atoms with Crippen molar-refractivity contribution < 1.29 is 4.79 Å². The van der Waals surface area contributed by atoms with Gasteiger partial charge in [0, 0.05) is 36.5 Å². The Morgan fingerprint density at radius 3 is 3.00 bits per heavy atom. The highest BCUT2D eigenvalue weighted by Crippen LogP contribution is 2.17. The number of nitrogens with one attached hydrogen (secondary N) is 2. The standard InChI is InChI=1S/C16H15N5OS/c1-21-14(19-20-16(21)23)10-18-15(22)7-6-12-9-17-8-11-4-2-3-5-13(11)12/h2-9H,10H2,1H3,(H,18,22)(H,20,23)/b7-6+. The number of amides is 1. The zero-order chi connectivity index (χ0) is 16.2. The fraction of sp³-hybridized carbons (Fsp3) is 0.125. The molecule has 0 fully saturated rings. The van der Waals surface area contributed by atoms with Crippen molar-refractivity contribution >= 4 is 35.0 Å². The Morgan fingerprint density at radius 1 is 1.39 bits per heavy atom. The number of hydrogen-bond acceptors (Lipinski definition) is 4. The second-order valence-corrected chi connectivity index (χ2v) is 5.39. The summed E-state index contributed by atoms with van der Waals surface area (Å²) in [4.78, 5) is 16.1. The summed E-state index contributed by atoms with van der Waals surface area (Å²) in [5.74, 6) is 0.468. The summed E-state index contributed by atoms with van der Waals surface area (Å²) in [5.41, 5.74) is 0.899. The molecule has 0 aliphatic heterocycles. The largest absolute Gasteiger partial charge is 0.345 e. The Balaban J connectivity index is 1.70. The topological polar surface area (TPSA) is 75.6 Å². The Morgan fingerprint density at radius 2 is 2.22 bits per heavy atom. The molecule has 0 atom stereocenters. The van der Waals surface area contributed by atoms with E-state index in [4.69, 9.17) is 12.2 Å². The number of aromatic nitrogens is 4. The van der Waals surface area contributed by atoms with Gasteiger partial charge in [0.25, 0.3) is 0 Å². The van der Waals surface area contributed by atoms with Gasteiger partial charge in [-0.2, -0.15) is 5.10 Å². The molecule has 2 aromatic heterocycles. The summed E-state index contributed by atoms with van der Waals surface area (Å²) < 4.78 is 2.24. The number of aromatic amines is 1. The summed E-state index contributed by atoms with van der Waals surface area (Å²) in [5, 5.41) is 11.6. The van der Waals surface area contributed by atoms with Gasteiger partial charge in [-0.05, 0) is 23.7 Å². The summed E-state index contributed by atoms with van der Waals surface area (Å²) in [6.07, 6.45) is 6.79. The molecular formula is C16H15N5OS. The third kappa shape index (κ3) is 3.35. The number of hydrogen-bond donors (Lipinski definition) is 2. The molecule has 23 heavy (non-hydrogen) atoms. The Hall–Kier alpha value is -2.80. The van der Waals surface area contributed by atoms with Gasteiger partial charge in [0.2, 0.25) is 5.91 Å². The maximum Gasteiger partial charge on any atom is 0.244 e. The lowest BCUT2D eigenvalue weighted by molar-refractivity contribution is -0.116. The zero-order valence-corrected chi connectivity index (χ0v) is 13.3. The monoisotopic (exact) mass is 325 g/mol. The first-order valence-electron chi connectivity index (χ1n) is 7.04. The molecule has 0 aliphatic carbocycles. The van der Waals surface area contributed by atoms with Crippen LogP contribution in [0.4, 0.5) is 0 Å². The molecule has 7 heteroatoms. The number of nitrogens with zero attached hydrogens (tertiary/aromatic N) is 3. The SMILES string of the molecule is Cn1c(CNC(=O)/C=C/c2cncc3ccccc23)n[nH]c1=S. The minimum Gasteiger partial charge on any atom is -0.345 e. The first-order chi connectivity index (χ1) is 11.1. The van der Waals surface area contributed by atoms with Gasteiger partial charge in [-0.25, -0.2) is 0 Å². The van der Waals surface area contributed by atoms with E-state index in [-0.39, 0.29) is 5.91 Å². The number of benzene rings is 1. The van der Waals surface area contributed by atoms with E-state index in [1.807, 2.05) is 24.3 Å². The van der Waals surface area contributed by atoms with Crippen LogP contribution in [0.5, 0.6) is 0 Å². The highest BCUT2D eigenvalue weighted by molar-refractivity contribution is 7.71. The van der Waals surface area contributed by atoms with Gasteiger partial charge < -0.3 is 9.88 Å². The lowest BCUT2D eigenvalue weighted by Gasteiger charge is -2.02. The van der Waals surface area contributed by atoms with E-state index in [1.165, 1.54) is 6.08 Å². The Bertz CT molecular complexity index is 936. The normalized spacial score (nSPS) is 11.2. The molecule has 0 saturated carbocycles. The van der Waals surface area contributed by atoms with Crippen LogP contribution in [0.25, 0.3) is 16.8 Å². The number of carbonyl (C=O) groups excluding carboxylic acids is 1. The molecule has 0 unspecified atom stereocenters. The summed E-state index contributed by atoms with van der Waals surface area (Å²) in [6, 6.07) is 7.92. The number of rotatable bonds is 4. The van der Waals surface area contributed by atoms with Crippen LogP contribution < -0.4 is 5.32 Å². The second kappa shape index (κ2) is 6.53. The molecule has 0 spiro atoms. The zero-order valence-electron chi connectivity index (χ0n) is 12.5. The summed E-state index contributed by atoms with van der Waals surface area (Å²) in [6.45, 7) is 0.306. The Kier molecular flexibility index (Phi) is 4.29. The first-order valence-corrected chi connectivity index (χ1v) is 7.45. The highest BCUT2D eigenvalue weighted by Gasteiger charge is 2.04. The van der Waals surface area contributed by atoms with Crippen molar-refractivity contribution in [2.24, 2.45) is 7.05 Å². The van der Waals surface area contributed by atoms with Crippen LogP contribution in [-0.2, 0) is 18.4 Å². The number of H-pyrrole nitrogens is 1. The van der Waals surface area contributed by atoms with E-state index < -0.39 is 0 Å². The fourth-order valence-electron chi connectivity index (χ4n) is 2.20. The number of carbonyl (C=O) groups is 1. The lowest BCUT2D eigenvalue weighted by Crippen LogP contribution is -2.22. The molecule has 2 N–H and O–H groups in total. The average molecular weight is 325 g/mol. The van der Waals surface area contributed by atoms with Gasteiger partial charge in [0.05, 0.1) is 6.54 Å². The number of pyridine rings is 1. The minimum atomic E-state index is -0.202. The molecule has 0 radical (unpaired) electrons. The van der Waals surface area contributed by atoms with Crippen molar-refractivity contribution in [3.8, 4) is 0 Å². The summed E-state index contributed by atoms with van der Waals surface area (Å²) >= 11 is 5.03. The van der Waals surface area contributed by atoms with Gasteiger partial charge >= 0.3 is 0 Å². The van der Waals surface area contributed by atoms with E-state index in [9.17, 15) is 4.79 Å². The Labute approximate surface area is 137 Å². The lowest BCUT2D eigenvalue weighted by atomic mass is 10.1.